The minimum Gasteiger partial charge on any atom is -0.477 e. The fourth-order valence-corrected chi connectivity index (χ4v) is 2.18. The number of imidazole rings is 1. The molecule has 0 amide bonds. The number of aromatic carboxylic acids is 1. The zero-order valence-corrected chi connectivity index (χ0v) is 10.2. The monoisotopic (exact) mass is 252 g/mol. The number of rotatable bonds is 3. The molecule has 3 aromatic rings. The summed E-state index contributed by atoms with van der Waals surface area (Å²) < 4.78 is 1.69. The first kappa shape index (κ1) is 11.5. The summed E-state index contributed by atoms with van der Waals surface area (Å²) in [7, 11) is 0. The summed E-state index contributed by atoms with van der Waals surface area (Å²) in [4.78, 5) is 15.6. The first-order valence-corrected chi connectivity index (χ1v) is 5.98. The van der Waals surface area contributed by atoms with Crippen molar-refractivity contribution in [1.29, 1.82) is 0 Å². The predicted octanol–water partition coefficient (Wildman–Crippen LogP) is 2.62. The van der Waals surface area contributed by atoms with Crippen molar-refractivity contribution in [3.05, 3.63) is 71.8 Å². The van der Waals surface area contributed by atoms with Crippen LogP contribution in [0.5, 0.6) is 0 Å². The van der Waals surface area contributed by atoms with E-state index in [1.54, 1.807) is 22.7 Å². The highest BCUT2D eigenvalue weighted by Crippen LogP contribution is 2.14. The molecule has 0 saturated carbocycles. The van der Waals surface area contributed by atoms with Crippen molar-refractivity contribution in [2.75, 3.05) is 0 Å². The highest BCUT2D eigenvalue weighted by atomic mass is 16.4. The summed E-state index contributed by atoms with van der Waals surface area (Å²) in [5.74, 6) is -0.211. The lowest BCUT2D eigenvalue weighted by atomic mass is 10.1. The van der Waals surface area contributed by atoms with Gasteiger partial charge in [-0.3, -0.25) is 4.40 Å². The van der Waals surface area contributed by atoms with E-state index < -0.39 is 5.97 Å². The Morgan fingerprint density at radius 3 is 2.63 bits per heavy atom. The number of hydrogen-bond acceptors (Lipinski definition) is 2. The van der Waals surface area contributed by atoms with Crippen LogP contribution in [0.1, 0.15) is 21.9 Å². The van der Waals surface area contributed by atoms with Gasteiger partial charge in [0.2, 0.25) is 0 Å². The highest BCUT2D eigenvalue weighted by molar-refractivity contribution is 5.86. The Labute approximate surface area is 110 Å². The van der Waals surface area contributed by atoms with Gasteiger partial charge >= 0.3 is 5.97 Å². The number of hydrogen-bond donors (Lipinski definition) is 1. The van der Waals surface area contributed by atoms with Gasteiger partial charge in [0.1, 0.15) is 11.5 Å². The third kappa shape index (κ3) is 2.08. The lowest BCUT2D eigenvalue weighted by Crippen LogP contribution is -2.08. The normalized spacial score (nSPS) is 10.7. The Kier molecular flexibility index (Phi) is 2.76. The van der Waals surface area contributed by atoms with Gasteiger partial charge in [-0.15, -0.1) is 0 Å². The summed E-state index contributed by atoms with van der Waals surface area (Å²) in [5.41, 5.74) is 2.14. The van der Waals surface area contributed by atoms with Crippen molar-refractivity contribution in [2.24, 2.45) is 0 Å². The van der Waals surface area contributed by atoms with Gasteiger partial charge in [-0.2, -0.15) is 0 Å². The van der Waals surface area contributed by atoms with Gasteiger partial charge in [0.25, 0.3) is 0 Å². The summed E-state index contributed by atoms with van der Waals surface area (Å²) in [6.45, 7) is 0. The molecule has 94 valence electrons. The van der Waals surface area contributed by atoms with Crippen molar-refractivity contribution in [3.8, 4) is 0 Å². The van der Waals surface area contributed by atoms with E-state index in [0.717, 1.165) is 16.9 Å². The van der Waals surface area contributed by atoms with Gasteiger partial charge in [-0.25, -0.2) is 9.78 Å². The zero-order valence-electron chi connectivity index (χ0n) is 10.2. The number of pyridine rings is 1. The quantitative estimate of drug-likeness (QED) is 0.779. The third-order valence-corrected chi connectivity index (χ3v) is 3.05. The zero-order chi connectivity index (χ0) is 13.2. The minimum atomic E-state index is -0.946. The molecule has 0 fully saturated rings. The van der Waals surface area contributed by atoms with Gasteiger partial charge in [0.15, 0.2) is 0 Å². The van der Waals surface area contributed by atoms with Crippen molar-refractivity contribution in [1.82, 2.24) is 9.38 Å². The number of carbonyl (C=O) groups is 1. The minimum absolute atomic E-state index is 0.237. The Morgan fingerprint density at radius 1 is 1.11 bits per heavy atom. The number of benzene rings is 1. The second-order valence-electron chi connectivity index (χ2n) is 4.31. The van der Waals surface area contributed by atoms with Crippen LogP contribution in [-0.4, -0.2) is 20.5 Å². The predicted molar refractivity (Wildman–Crippen MR) is 71.4 cm³/mol. The topological polar surface area (TPSA) is 54.6 Å². The number of aromatic nitrogens is 2. The van der Waals surface area contributed by atoms with Gasteiger partial charge in [-0.1, -0.05) is 36.4 Å². The van der Waals surface area contributed by atoms with Crippen LogP contribution >= 0.6 is 0 Å². The molecule has 1 aromatic carbocycles. The summed E-state index contributed by atoms with van der Waals surface area (Å²) in [6, 6.07) is 15.1. The van der Waals surface area contributed by atoms with E-state index >= 15 is 0 Å². The van der Waals surface area contributed by atoms with E-state index in [4.69, 9.17) is 0 Å². The Bertz CT molecular complexity index is 732. The SMILES string of the molecule is O=C(O)c1cccc2cnc(Cc3ccccc3)n12. The average Bonchev–Trinajstić information content (AvgIpc) is 2.83. The summed E-state index contributed by atoms with van der Waals surface area (Å²) in [6.07, 6.45) is 2.31. The van der Waals surface area contributed by atoms with Crippen LogP contribution in [0.2, 0.25) is 0 Å². The maximum absolute atomic E-state index is 11.3. The third-order valence-electron chi connectivity index (χ3n) is 3.05. The molecule has 0 spiro atoms. The average molecular weight is 252 g/mol. The Hall–Kier alpha value is -2.62. The van der Waals surface area contributed by atoms with E-state index in [2.05, 4.69) is 4.98 Å². The standard InChI is InChI=1S/C15H12N2O2/c18-15(19)13-8-4-7-12-10-16-14(17(12)13)9-11-5-2-1-3-6-11/h1-8,10H,9H2,(H,18,19). The molecule has 0 aliphatic rings. The second kappa shape index (κ2) is 4.57. The van der Waals surface area contributed by atoms with Crippen LogP contribution < -0.4 is 0 Å². The largest absolute Gasteiger partial charge is 0.477 e. The second-order valence-corrected chi connectivity index (χ2v) is 4.31. The van der Waals surface area contributed by atoms with E-state index in [9.17, 15) is 9.90 Å². The molecule has 2 heterocycles. The highest BCUT2D eigenvalue weighted by Gasteiger charge is 2.12. The maximum Gasteiger partial charge on any atom is 0.352 e. The van der Waals surface area contributed by atoms with Crippen LogP contribution in [0.25, 0.3) is 5.52 Å². The van der Waals surface area contributed by atoms with Crippen molar-refractivity contribution < 1.29 is 9.90 Å². The molecule has 0 saturated heterocycles. The summed E-state index contributed by atoms with van der Waals surface area (Å²) in [5, 5.41) is 9.24. The van der Waals surface area contributed by atoms with Crippen LogP contribution in [0.15, 0.2) is 54.7 Å². The van der Waals surface area contributed by atoms with Crippen molar-refractivity contribution in [2.45, 2.75) is 6.42 Å². The van der Waals surface area contributed by atoms with Crippen molar-refractivity contribution in [3.63, 3.8) is 0 Å². The van der Waals surface area contributed by atoms with Crippen LogP contribution in [0.4, 0.5) is 0 Å². The van der Waals surface area contributed by atoms with Crippen LogP contribution in [-0.2, 0) is 6.42 Å². The molecule has 0 unspecified atom stereocenters. The van der Waals surface area contributed by atoms with Gasteiger partial charge in [-0.05, 0) is 17.7 Å². The van der Waals surface area contributed by atoms with E-state index in [0.29, 0.717) is 6.42 Å². The molecule has 19 heavy (non-hydrogen) atoms. The molecule has 4 nitrogen and oxygen atoms in total. The number of fused-ring (bicyclic) bond motifs is 1. The lowest BCUT2D eigenvalue weighted by Gasteiger charge is -2.05. The fourth-order valence-electron chi connectivity index (χ4n) is 2.18. The molecule has 2 aromatic heterocycles. The molecule has 3 rings (SSSR count). The van der Waals surface area contributed by atoms with Gasteiger partial charge in [0, 0.05) is 6.42 Å². The molecule has 1 N–H and O–H groups in total. The van der Waals surface area contributed by atoms with Gasteiger partial charge in [0.05, 0.1) is 11.7 Å². The first-order valence-electron chi connectivity index (χ1n) is 5.98. The van der Waals surface area contributed by atoms with Crippen LogP contribution in [0, 0.1) is 0 Å². The maximum atomic E-state index is 11.3. The molecule has 4 heteroatoms. The van der Waals surface area contributed by atoms with Crippen molar-refractivity contribution >= 4 is 11.5 Å². The first-order chi connectivity index (χ1) is 9.25. The smallest absolute Gasteiger partial charge is 0.352 e. The molecular formula is C15H12N2O2. The number of carboxylic acid groups (broad SMARTS) is 1. The van der Waals surface area contributed by atoms with Crippen LogP contribution in [0.3, 0.4) is 0 Å². The Morgan fingerprint density at radius 2 is 1.89 bits per heavy atom. The number of carboxylic acids is 1. The molecule has 0 aliphatic carbocycles. The van der Waals surface area contributed by atoms with Gasteiger partial charge < -0.3 is 5.11 Å². The lowest BCUT2D eigenvalue weighted by molar-refractivity contribution is 0.0688. The Balaban J connectivity index is 2.12. The van der Waals surface area contributed by atoms with E-state index in [-0.39, 0.29) is 5.69 Å². The fraction of sp³-hybridized carbons (Fsp3) is 0.0667. The van der Waals surface area contributed by atoms with E-state index in [1.165, 1.54) is 0 Å². The molecule has 0 bridgehead atoms. The molecule has 0 aliphatic heterocycles. The molecule has 0 radical (unpaired) electrons. The summed E-state index contributed by atoms with van der Waals surface area (Å²) >= 11 is 0. The molecular weight excluding hydrogens is 240 g/mol. The van der Waals surface area contributed by atoms with E-state index in [1.807, 2.05) is 36.4 Å². The number of nitrogens with zero attached hydrogens (tertiary/aromatic N) is 2. The molecule has 0 atom stereocenters.